The van der Waals surface area contributed by atoms with Gasteiger partial charge in [0, 0.05) is 18.0 Å². The molecule has 1 aromatic heterocycles. The molecule has 0 amide bonds. The maximum atomic E-state index is 5.73. The van der Waals surface area contributed by atoms with Crippen LogP contribution >= 0.6 is 0 Å². The molecule has 0 saturated carbocycles. The predicted molar refractivity (Wildman–Crippen MR) is 75.6 cm³/mol. The number of hydrogen-bond donors (Lipinski definition) is 2. The highest BCUT2D eigenvalue weighted by atomic mass is 15.1. The standard InChI is InChI=1S/C13H19N5/c1-9(8-18(2)3)15-12-10-6-4-5-7-11(10)16-13(14)17-12/h4-7,9H,8H2,1-3H3,(H3,14,15,16,17). The van der Waals surface area contributed by atoms with Gasteiger partial charge in [-0.25, -0.2) is 4.98 Å². The Morgan fingerprint density at radius 1 is 1.28 bits per heavy atom. The summed E-state index contributed by atoms with van der Waals surface area (Å²) in [5.41, 5.74) is 6.59. The van der Waals surface area contributed by atoms with Gasteiger partial charge in [-0.15, -0.1) is 0 Å². The molecule has 3 N–H and O–H groups in total. The van der Waals surface area contributed by atoms with E-state index in [1.54, 1.807) is 0 Å². The van der Waals surface area contributed by atoms with Crippen LogP contribution in [0.2, 0.25) is 0 Å². The third-order valence-electron chi connectivity index (χ3n) is 2.64. The largest absolute Gasteiger partial charge is 0.368 e. The summed E-state index contributed by atoms with van der Waals surface area (Å²) in [5.74, 6) is 1.10. The van der Waals surface area contributed by atoms with E-state index >= 15 is 0 Å². The number of hydrogen-bond acceptors (Lipinski definition) is 5. The first-order valence-electron chi connectivity index (χ1n) is 6.00. The molecular weight excluding hydrogens is 226 g/mol. The monoisotopic (exact) mass is 245 g/mol. The minimum Gasteiger partial charge on any atom is -0.368 e. The third kappa shape index (κ3) is 2.87. The fourth-order valence-corrected chi connectivity index (χ4v) is 2.03. The zero-order valence-electron chi connectivity index (χ0n) is 11.0. The molecule has 2 aromatic rings. The van der Waals surface area contributed by atoms with Gasteiger partial charge in [-0.1, -0.05) is 12.1 Å². The first-order chi connectivity index (χ1) is 8.56. The van der Waals surface area contributed by atoms with E-state index in [1.807, 2.05) is 38.4 Å². The number of fused-ring (bicyclic) bond motifs is 1. The van der Waals surface area contributed by atoms with Gasteiger partial charge in [-0.05, 0) is 33.2 Å². The lowest BCUT2D eigenvalue weighted by Crippen LogP contribution is -2.30. The summed E-state index contributed by atoms with van der Waals surface area (Å²) in [7, 11) is 4.09. The van der Waals surface area contributed by atoms with E-state index in [1.165, 1.54) is 0 Å². The number of nitrogens with one attached hydrogen (secondary N) is 1. The van der Waals surface area contributed by atoms with Crippen molar-refractivity contribution in [3.8, 4) is 0 Å². The third-order valence-corrected chi connectivity index (χ3v) is 2.64. The van der Waals surface area contributed by atoms with Crippen molar-refractivity contribution >= 4 is 22.7 Å². The second kappa shape index (κ2) is 5.18. The van der Waals surface area contributed by atoms with Gasteiger partial charge in [0.25, 0.3) is 0 Å². The highest BCUT2D eigenvalue weighted by Gasteiger charge is 2.09. The molecule has 0 aliphatic carbocycles. The first kappa shape index (κ1) is 12.6. The van der Waals surface area contributed by atoms with Crippen LogP contribution < -0.4 is 11.1 Å². The summed E-state index contributed by atoms with van der Waals surface area (Å²) in [6, 6.07) is 8.15. The van der Waals surface area contributed by atoms with Crippen LogP contribution in [0.25, 0.3) is 10.9 Å². The summed E-state index contributed by atoms with van der Waals surface area (Å²) in [5, 5.41) is 4.38. The molecule has 0 saturated heterocycles. The van der Waals surface area contributed by atoms with Gasteiger partial charge in [0.1, 0.15) is 5.82 Å². The maximum Gasteiger partial charge on any atom is 0.222 e. The zero-order chi connectivity index (χ0) is 13.1. The highest BCUT2D eigenvalue weighted by molar-refractivity contribution is 5.89. The molecule has 96 valence electrons. The number of likely N-dealkylation sites (N-methyl/N-ethyl adjacent to an activating group) is 1. The molecule has 18 heavy (non-hydrogen) atoms. The van der Waals surface area contributed by atoms with Gasteiger partial charge >= 0.3 is 0 Å². The lowest BCUT2D eigenvalue weighted by molar-refractivity contribution is 0.392. The van der Waals surface area contributed by atoms with E-state index in [0.29, 0.717) is 5.95 Å². The summed E-state index contributed by atoms with van der Waals surface area (Å²) >= 11 is 0. The van der Waals surface area contributed by atoms with E-state index in [9.17, 15) is 0 Å². The number of anilines is 2. The van der Waals surface area contributed by atoms with Crippen molar-refractivity contribution < 1.29 is 0 Å². The van der Waals surface area contributed by atoms with E-state index in [4.69, 9.17) is 5.73 Å². The van der Waals surface area contributed by atoms with Crippen LogP contribution in [0.4, 0.5) is 11.8 Å². The maximum absolute atomic E-state index is 5.73. The molecule has 0 bridgehead atoms. The molecule has 0 radical (unpaired) electrons. The number of nitrogen functional groups attached to an aromatic ring is 1. The number of aromatic nitrogens is 2. The summed E-state index contributed by atoms with van der Waals surface area (Å²) in [6.07, 6.45) is 0. The lowest BCUT2D eigenvalue weighted by atomic mass is 10.2. The molecule has 0 aliphatic heterocycles. The lowest BCUT2D eigenvalue weighted by Gasteiger charge is -2.19. The first-order valence-corrected chi connectivity index (χ1v) is 6.00. The molecule has 1 heterocycles. The molecule has 1 aromatic carbocycles. The number of benzene rings is 1. The SMILES string of the molecule is CC(CN(C)C)Nc1nc(N)nc2ccccc12. The van der Waals surface area contributed by atoms with E-state index in [-0.39, 0.29) is 6.04 Å². The van der Waals surface area contributed by atoms with Crippen LogP contribution in [0.15, 0.2) is 24.3 Å². The van der Waals surface area contributed by atoms with Crippen LogP contribution in [0.1, 0.15) is 6.92 Å². The molecule has 1 atom stereocenters. The topological polar surface area (TPSA) is 67.1 Å². The molecule has 0 aliphatic rings. The quantitative estimate of drug-likeness (QED) is 0.856. The Morgan fingerprint density at radius 3 is 2.72 bits per heavy atom. The Hall–Kier alpha value is -1.88. The molecule has 0 fully saturated rings. The fourth-order valence-electron chi connectivity index (χ4n) is 2.03. The minimum absolute atomic E-state index is 0.290. The van der Waals surface area contributed by atoms with Crippen LogP contribution in [-0.2, 0) is 0 Å². The molecule has 0 spiro atoms. The summed E-state index contributed by atoms with van der Waals surface area (Å²) in [6.45, 7) is 3.05. The van der Waals surface area contributed by atoms with Crippen molar-refractivity contribution in [1.82, 2.24) is 14.9 Å². The van der Waals surface area contributed by atoms with Crippen LogP contribution in [0.3, 0.4) is 0 Å². The number of para-hydroxylation sites is 1. The van der Waals surface area contributed by atoms with Crippen molar-refractivity contribution in [2.24, 2.45) is 0 Å². The summed E-state index contributed by atoms with van der Waals surface area (Å²) in [4.78, 5) is 10.6. The number of nitrogens with two attached hydrogens (primary N) is 1. The van der Waals surface area contributed by atoms with Gasteiger partial charge in [0.15, 0.2) is 0 Å². The molecular formula is C13H19N5. The Kier molecular flexibility index (Phi) is 3.62. The van der Waals surface area contributed by atoms with Gasteiger partial charge in [0.2, 0.25) is 5.95 Å². The zero-order valence-corrected chi connectivity index (χ0v) is 11.0. The Balaban J connectivity index is 2.32. The van der Waals surface area contributed by atoms with Crippen LogP contribution in [0.5, 0.6) is 0 Å². The van der Waals surface area contributed by atoms with Crippen LogP contribution in [0, 0.1) is 0 Å². The average Bonchev–Trinajstić information content (AvgIpc) is 2.27. The molecule has 5 heteroatoms. The summed E-state index contributed by atoms with van der Waals surface area (Å²) < 4.78 is 0. The van der Waals surface area contributed by atoms with Gasteiger partial charge in [-0.3, -0.25) is 0 Å². The van der Waals surface area contributed by atoms with Crippen molar-refractivity contribution in [2.45, 2.75) is 13.0 Å². The Morgan fingerprint density at radius 2 is 2.00 bits per heavy atom. The predicted octanol–water partition coefficient (Wildman–Crippen LogP) is 1.57. The molecule has 1 unspecified atom stereocenters. The molecule has 5 nitrogen and oxygen atoms in total. The van der Waals surface area contributed by atoms with Crippen molar-refractivity contribution in [1.29, 1.82) is 0 Å². The smallest absolute Gasteiger partial charge is 0.222 e. The average molecular weight is 245 g/mol. The van der Waals surface area contributed by atoms with Crippen LogP contribution in [-0.4, -0.2) is 41.5 Å². The normalized spacial score (nSPS) is 12.9. The Bertz CT molecular complexity index is 538. The number of nitrogens with zero attached hydrogens (tertiary/aromatic N) is 3. The second-order valence-corrected chi connectivity index (χ2v) is 4.76. The van der Waals surface area contributed by atoms with Crippen molar-refractivity contribution in [2.75, 3.05) is 31.7 Å². The number of rotatable bonds is 4. The molecule has 2 rings (SSSR count). The van der Waals surface area contributed by atoms with Gasteiger partial charge < -0.3 is 16.0 Å². The fraction of sp³-hybridized carbons (Fsp3) is 0.385. The second-order valence-electron chi connectivity index (χ2n) is 4.76. The Labute approximate surface area is 107 Å². The van der Waals surface area contributed by atoms with Crippen molar-refractivity contribution in [3.05, 3.63) is 24.3 Å². The van der Waals surface area contributed by atoms with Gasteiger partial charge in [0.05, 0.1) is 5.52 Å². The minimum atomic E-state index is 0.290. The van der Waals surface area contributed by atoms with E-state index < -0.39 is 0 Å². The van der Waals surface area contributed by atoms with E-state index in [0.717, 1.165) is 23.3 Å². The van der Waals surface area contributed by atoms with Crippen molar-refractivity contribution in [3.63, 3.8) is 0 Å². The van der Waals surface area contributed by atoms with E-state index in [2.05, 4.69) is 27.1 Å². The van der Waals surface area contributed by atoms with Gasteiger partial charge in [-0.2, -0.15) is 4.98 Å². The highest BCUT2D eigenvalue weighted by Crippen LogP contribution is 2.21.